The fourth-order valence-corrected chi connectivity index (χ4v) is 6.38. The number of fused-ring (bicyclic) bond motifs is 1. The lowest BCUT2D eigenvalue weighted by molar-refractivity contribution is -0.112. The van der Waals surface area contributed by atoms with Crippen molar-refractivity contribution in [3.8, 4) is 22.6 Å². The first-order valence-corrected chi connectivity index (χ1v) is 17.8. The normalized spacial score (nSPS) is 11.6. The molecule has 0 unspecified atom stereocenters. The molecule has 0 fully saturated rings. The van der Waals surface area contributed by atoms with Crippen molar-refractivity contribution in [3.63, 3.8) is 0 Å². The van der Waals surface area contributed by atoms with Crippen molar-refractivity contribution in [1.82, 2.24) is 19.4 Å². The Kier molecular flexibility index (Phi) is 14.3. The lowest BCUT2D eigenvalue weighted by atomic mass is 10.0. The van der Waals surface area contributed by atoms with Crippen LogP contribution in [0.1, 0.15) is 46.1 Å². The number of unbranched alkanes of at least 4 members (excludes halogenated alkanes) is 1. The van der Waals surface area contributed by atoms with Gasteiger partial charge in [-0.2, -0.15) is 4.98 Å². The maximum absolute atomic E-state index is 14.4. The summed E-state index contributed by atoms with van der Waals surface area (Å²) in [6, 6.07) is 10.6. The average molecular weight is 735 g/mol. The van der Waals surface area contributed by atoms with Crippen molar-refractivity contribution in [1.29, 1.82) is 0 Å². The van der Waals surface area contributed by atoms with Crippen LogP contribution in [-0.2, 0) is 17.8 Å². The Balaban J connectivity index is 1.72. The molecule has 51 heavy (non-hydrogen) atoms. The number of halogens is 2. The number of anilines is 2. The van der Waals surface area contributed by atoms with E-state index in [9.17, 15) is 9.59 Å². The van der Waals surface area contributed by atoms with Gasteiger partial charge in [0.05, 0.1) is 36.4 Å². The topological polar surface area (TPSA) is 115 Å². The van der Waals surface area contributed by atoms with Gasteiger partial charge in [-0.1, -0.05) is 69.1 Å². The number of amides is 1. The van der Waals surface area contributed by atoms with E-state index in [4.69, 9.17) is 44.2 Å². The quantitative estimate of drug-likeness (QED) is 0.0639. The highest BCUT2D eigenvalue weighted by Gasteiger charge is 2.23. The van der Waals surface area contributed by atoms with Crippen LogP contribution in [0.2, 0.25) is 10.0 Å². The number of aryl methyl sites for hydroxylation is 2. The van der Waals surface area contributed by atoms with E-state index in [0.717, 1.165) is 38.0 Å². The molecule has 2 aromatic heterocycles. The fourth-order valence-electron chi connectivity index (χ4n) is 5.67. The SMILES string of the molecule is [C-]#[N+]/C(=C\C(C)C)C(=O)Nc1cccc(CCn2c(=O)c(-c3c(Cl)c(OC)cc(OC)c3Cl)cc3cnc(NCCCCN(CC)CC)nc32)c1. The third kappa shape index (κ3) is 9.79. The van der Waals surface area contributed by atoms with Crippen LogP contribution >= 0.6 is 23.2 Å². The van der Waals surface area contributed by atoms with Gasteiger partial charge in [0, 0.05) is 42.0 Å². The number of nitrogens with one attached hydrogen (secondary N) is 2. The number of carbonyl (C=O) groups excluding carboxylic acids is 1. The Hall–Kier alpha value is -4.63. The minimum absolute atomic E-state index is 0.0322. The summed E-state index contributed by atoms with van der Waals surface area (Å²) in [7, 11) is 2.95. The standard InChI is InChI=1S/C38H45Cl2N7O4/c1-8-46(9-2)17-11-10-16-42-38-43-23-26-21-28(32-33(39)30(50-6)22-31(51-7)34(32)40)37(49)47(35(26)45-38)18-15-25-13-12-14-27(20-25)44-36(48)29(41-5)19-24(3)4/h12-14,19-24H,8-11,15-18H2,1-4,6-7H3,(H,44,48)(H,42,43,45)/b29-19-. The molecular weight excluding hydrogens is 689 g/mol. The Morgan fingerprint density at radius 1 is 1.08 bits per heavy atom. The van der Waals surface area contributed by atoms with E-state index in [0.29, 0.717) is 47.1 Å². The summed E-state index contributed by atoms with van der Waals surface area (Å²) in [6.07, 6.45) is 5.70. The van der Waals surface area contributed by atoms with E-state index in [1.165, 1.54) is 14.2 Å². The van der Waals surface area contributed by atoms with Gasteiger partial charge in [0.1, 0.15) is 17.1 Å². The molecule has 11 nitrogen and oxygen atoms in total. The Morgan fingerprint density at radius 3 is 2.41 bits per heavy atom. The molecule has 4 aromatic rings. The third-order valence-electron chi connectivity index (χ3n) is 8.40. The van der Waals surface area contributed by atoms with Gasteiger partial charge in [0.2, 0.25) is 11.6 Å². The first-order chi connectivity index (χ1) is 24.5. The highest BCUT2D eigenvalue weighted by atomic mass is 35.5. The van der Waals surface area contributed by atoms with Crippen LogP contribution in [0.15, 0.2) is 59.2 Å². The summed E-state index contributed by atoms with van der Waals surface area (Å²) in [6.45, 7) is 19.5. The van der Waals surface area contributed by atoms with Gasteiger partial charge >= 0.3 is 0 Å². The summed E-state index contributed by atoms with van der Waals surface area (Å²) in [5, 5.41) is 7.08. The fraction of sp³-hybridized carbons (Fsp3) is 0.395. The first-order valence-electron chi connectivity index (χ1n) is 17.0. The Bertz CT molecular complexity index is 1960. The second kappa shape index (κ2) is 18.6. The summed E-state index contributed by atoms with van der Waals surface area (Å²) in [4.78, 5) is 42.3. The number of nitrogens with zero attached hydrogens (tertiary/aromatic N) is 5. The zero-order valence-corrected chi connectivity index (χ0v) is 31.5. The Morgan fingerprint density at radius 2 is 1.78 bits per heavy atom. The molecule has 4 rings (SSSR count). The van der Waals surface area contributed by atoms with Crippen molar-refractivity contribution >= 4 is 51.8 Å². The van der Waals surface area contributed by atoms with Crippen molar-refractivity contribution in [3.05, 3.63) is 91.7 Å². The number of carbonyl (C=O) groups is 1. The van der Waals surface area contributed by atoms with Crippen molar-refractivity contribution in [2.24, 2.45) is 5.92 Å². The van der Waals surface area contributed by atoms with Gasteiger partial charge < -0.3 is 25.0 Å². The molecule has 0 bridgehead atoms. The Labute approximate surface area is 309 Å². The molecule has 270 valence electrons. The number of benzene rings is 2. The average Bonchev–Trinajstić information content (AvgIpc) is 3.12. The highest BCUT2D eigenvalue weighted by Crippen LogP contribution is 2.45. The molecule has 2 N–H and O–H groups in total. The van der Waals surface area contributed by atoms with Crippen molar-refractivity contribution in [2.45, 2.75) is 53.5 Å². The number of hydrogen-bond donors (Lipinski definition) is 2. The van der Waals surface area contributed by atoms with E-state index in [1.807, 2.05) is 32.0 Å². The molecule has 0 atom stereocenters. The first kappa shape index (κ1) is 39.2. The molecule has 0 aliphatic heterocycles. The predicted octanol–water partition coefficient (Wildman–Crippen LogP) is 7.96. The summed E-state index contributed by atoms with van der Waals surface area (Å²) >= 11 is 13.6. The van der Waals surface area contributed by atoms with Crippen LogP contribution in [0.25, 0.3) is 27.0 Å². The van der Waals surface area contributed by atoms with Crippen LogP contribution in [0.5, 0.6) is 11.5 Å². The number of rotatable bonds is 17. The zero-order valence-electron chi connectivity index (χ0n) is 30.0. The number of ether oxygens (including phenoxy) is 2. The smallest absolute Gasteiger partial charge is 0.260 e. The van der Waals surface area contributed by atoms with Crippen LogP contribution < -0.4 is 25.7 Å². The third-order valence-corrected chi connectivity index (χ3v) is 9.15. The molecule has 2 aromatic carbocycles. The van der Waals surface area contributed by atoms with Crippen molar-refractivity contribution in [2.75, 3.05) is 51.0 Å². The molecule has 2 heterocycles. The van der Waals surface area contributed by atoms with Crippen LogP contribution in [0.3, 0.4) is 0 Å². The monoisotopic (exact) mass is 733 g/mol. The number of methoxy groups -OCH3 is 2. The van der Waals surface area contributed by atoms with E-state index in [-0.39, 0.29) is 44.9 Å². The summed E-state index contributed by atoms with van der Waals surface area (Å²) in [5.41, 5.74) is 2.02. The van der Waals surface area contributed by atoms with Gasteiger partial charge in [-0.25, -0.2) is 9.83 Å². The minimum atomic E-state index is -0.474. The summed E-state index contributed by atoms with van der Waals surface area (Å²) in [5.74, 6) is 0.603. The molecule has 0 aliphatic rings. The maximum Gasteiger partial charge on any atom is 0.260 e. The van der Waals surface area contributed by atoms with Gasteiger partial charge in [-0.3, -0.25) is 14.2 Å². The highest BCUT2D eigenvalue weighted by molar-refractivity contribution is 6.41. The van der Waals surface area contributed by atoms with Crippen molar-refractivity contribution < 1.29 is 14.3 Å². The second-order valence-electron chi connectivity index (χ2n) is 12.2. The summed E-state index contributed by atoms with van der Waals surface area (Å²) < 4.78 is 12.5. The molecule has 0 radical (unpaired) electrons. The largest absolute Gasteiger partial charge is 0.495 e. The minimum Gasteiger partial charge on any atom is -0.495 e. The zero-order chi connectivity index (χ0) is 37.1. The van der Waals surface area contributed by atoms with E-state index >= 15 is 0 Å². The number of aromatic nitrogens is 3. The number of allylic oxidation sites excluding steroid dienone is 1. The van der Waals surface area contributed by atoms with E-state index in [2.05, 4.69) is 39.2 Å². The second-order valence-corrected chi connectivity index (χ2v) is 13.0. The van der Waals surface area contributed by atoms with E-state index in [1.54, 1.807) is 35.0 Å². The predicted molar refractivity (Wildman–Crippen MR) is 206 cm³/mol. The molecule has 0 saturated carbocycles. The molecule has 1 amide bonds. The van der Waals surface area contributed by atoms with Gasteiger partial charge in [0.15, 0.2) is 0 Å². The van der Waals surface area contributed by atoms with Gasteiger partial charge in [0.25, 0.3) is 11.5 Å². The number of pyridine rings is 1. The molecule has 13 heteroatoms. The van der Waals surface area contributed by atoms with Crippen LogP contribution in [-0.4, -0.2) is 65.7 Å². The lowest BCUT2D eigenvalue weighted by Crippen LogP contribution is -2.25. The van der Waals surface area contributed by atoms with Crippen LogP contribution in [0, 0.1) is 12.5 Å². The maximum atomic E-state index is 14.4. The van der Waals surface area contributed by atoms with Gasteiger partial charge in [-0.15, -0.1) is 0 Å². The molecular formula is C38H45Cl2N7O4. The molecule has 0 saturated heterocycles. The molecule has 0 spiro atoms. The van der Waals surface area contributed by atoms with Crippen LogP contribution in [0.4, 0.5) is 11.6 Å². The lowest BCUT2D eigenvalue weighted by Gasteiger charge is -2.18. The number of hydrogen-bond acceptors (Lipinski definition) is 8. The molecule has 0 aliphatic carbocycles. The van der Waals surface area contributed by atoms with E-state index < -0.39 is 5.91 Å². The van der Waals surface area contributed by atoms with Gasteiger partial charge in [-0.05, 0) is 68.6 Å².